The van der Waals surface area contributed by atoms with E-state index >= 15 is 0 Å². The first-order valence-corrected chi connectivity index (χ1v) is 6.94. The van der Waals surface area contributed by atoms with Gasteiger partial charge in [-0.05, 0) is 24.7 Å². The lowest BCUT2D eigenvalue weighted by atomic mass is 9.67. The van der Waals surface area contributed by atoms with Gasteiger partial charge in [-0.15, -0.1) is 0 Å². The molecule has 0 saturated heterocycles. The molecule has 1 aliphatic carbocycles. The molecule has 2 aromatic rings. The second-order valence-corrected chi connectivity index (χ2v) is 5.35. The Morgan fingerprint density at radius 2 is 2.20 bits per heavy atom. The minimum atomic E-state index is 0.213. The van der Waals surface area contributed by atoms with Crippen molar-refractivity contribution >= 4 is 11.9 Å². The summed E-state index contributed by atoms with van der Waals surface area (Å²) in [5, 5.41) is 3.31. The third-order valence-corrected chi connectivity index (χ3v) is 4.16. The molecule has 0 radical (unpaired) electrons. The van der Waals surface area contributed by atoms with E-state index in [1.165, 1.54) is 25.7 Å². The molecule has 2 heterocycles. The Kier molecular flexibility index (Phi) is 3.25. The zero-order valence-electron chi connectivity index (χ0n) is 11.6. The van der Waals surface area contributed by atoms with Crippen molar-refractivity contribution in [2.75, 3.05) is 17.6 Å². The molecule has 0 amide bonds. The van der Waals surface area contributed by atoms with Gasteiger partial charge in [-0.2, -0.15) is 15.0 Å². The zero-order chi connectivity index (χ0) is 14.0. The lowest BCUT2D eigenvalue weighted by Gasteiger charge is -2.41. The minimum Gasteiger partial charge on any atom is -0.368 e. The Morgan fingerprint density at radius 1 is 1.35 bits per heavy atom. The number of nitrogens with zero attached hydrogens (tertiary/aromatic N) is 5. The van der Waals surface area contributed by atoms with Crippen molar-refractivity contribution in [1.29, 1.82) is 0 Å². The van der Waals surface area contributed by atoms with E-state index in [1.54, 1.807) is 23.3 Å². The van der Waals surface area contributed by atoms with Crippen LogP contribution in [0.5, 0.6) is 0 Å². The van der Waals surface area contributed by atoms with E-state index in [1.807, 2.05) is 0 Å². The summed E-state index contributed by atoms with van der Waals surface area (Å²) in [6, 6.07) is 0. The molecule has 0 bridgehead atoms. The maximum Gasteiger partial charge on any atom is 0.241 e. The number of aromatic nitrogens is 5. The molecule has 3 N–H and O–H groups in total. The van der Waals surface area contributed by atoms with Crippen LogP contribution in [0, 0.1) is 5.41 Å². The highest BCUT2D eigenvalue weighted by molar-refractivity contribution is 5.35. The number of imidazole rings is 1. The van der Waals surface area contributed by atoms with E-state index in [0.29, 0.717) is 17.3 Å². The van der Waals surface area contributed by atoms with Crippen molar-refractivity contribution < 1.29 is 0 Å². The summed E-state index contributed by atoms with van der Waals surface area (Å²) >= 11 is 0. The molecular formula is C13H19N7. The largest absolute Gasteiger partial charge is 0.368 e. The van der Waals surface area contributed by atoms with Crippen LogP contribution in [0.25, 0.3) is 5.95 Å². The smallest absolute Gasteiger partial charge is 0.241 e. The molecular weight excluding hydrogens is 254 g/mol. The quantitative estimate of drug-likeness (QED) is 0.859. The van der Waals surface area contributed by atoms with Crippen molar-refractivity contribution in [2.45, 2.75) is 32.6 Å². The van der Waals surface area contributed by atoms with Crippen LogP contribution in [0.4, 0.5) is 11.9 Å². The number of hydrogen-bond acceptors (Lipinski definition) is 6. The predicted octanol–water partition coefficient (Wildman–Crippen LogP) is 1.63. The molecule has 1 saturated carbocycles. The lowest BCUT2D eigenvalue weighted by molar-refractivity contribution is 0.144. The summed E-state index contributed by atoms with van der Waals surface area (Å²) in [7, 11) is 0. The van der Waals surface area contributed by atoms with Gasteiger partial charge in [-0.3, -0.25) is 4.57 Å². The van der Waals surface area contributed by atoms with E-state index in [0.717, 1.165) is 6.54 Å². The number of rotatable bonds is 5. The molecule has 1 aliphatic rings. The third-order valence-electron chi connectivity index (χ3n) is 4.16. The molecule has 0 unspecified atom stereocenters. The summed E-state index contributed by atoms with van der Waals surface area (Å²) in [6.07, 6.45) is 10.1. The normalized spacial score (nSPS) is 16.6. The SMILES string of the molecule is CCC1(CNc2nc(N)nc(-n3ccnc3)n2)CCC1. The molecule has 20 heavy (non-hydrogen) atoms. The van der Waals surface area contributed by atoms with Gasteiger partial charge in [0, 0.05) is 18.9 Å². The predicted molar refractivity (Wildman–Crippen MR) is 76.4 cm³/mol. The number of nitrogen functional groups attached to an aromatic ring is 1. The summed E-state index contributed by atoms with van der Waals surface area (Å²) in [6.45, 7) is 3.12. The number of nitrogens with one attached hydrogen (secondary N) is 1. The molecule has 0 spiro atoms. The first-order valence-electron chi connectivity index (χ1n) is 6.94. The van der Waals surface area contributed by atoms with Gasteiger partial charge in [0.25, 0.3) is 0 Å². The average molecular weight is 273 g/mol. The maximum absolute atomic E-state index is 5.75. The van der Waals surface area contributed by atoms with Crippen LogP contribution in [0.1, 0.15) is 32.6 Å². The molecule has 106 valence electrons. The van der Waals surface area contributed by atoms with E-state index in [4.69, 9.17) is 5.73 Å². The standard InChI is InChI=1S/C13H19N7/c1-2-13(4-3-5-13)8-16-11-17-10(14)18-12(19-11)20-7-6-15-9-20/h6-7,9H,2-5,8H2,1H3,(H3,14,16,17,18,19). The first-order chi connectivity index (χ1) is 9.71. The Bertz CT molecular complexity index is 569. The molecule has 7 nitrogen and oxygen atoms in total. The van der Waals surface area contributed by atoms with Gasteiger partial charge in [-0.25, -0.2) is 4.98 Å². The molecule has 0 atom stereocenters. The van der Waals surface area contributed by atoms with Crippen LogP contribution in [0.3, 0.4) is 0 Å². The van der Waals surface area contributed by atoms with Crippen molar-refractivity contribution in [1.82, 2.24) is 24.5 Å². The fourth-order valence-electron chi connectivity index (χ4n) is 2.55. The summed E-state index contributed by atoms with van der Waals surface area (Å²) in [5.41, 5.74) is 6.15. The van der Waals surface area contributed by atoms with Crippen molar-refractivity contribution in [3.05, 3.63) is 18.7 Å². The van der Waals surface area contributed by atoms with Gasteiger partial charge in [0.2, 0.25) is 17.8 Å². The van der Waals surface area contributed by atoms with Gasteiger partial charge in [0.1, 0.15) is 6.33 Å². The van der Waals surface area contributed by atoms with Gasteiger partial charge in [0.15, 0.2) is 0 Å². The fourth-order valence-corrected chi connectivity index (χ4v) is 2.55. The Hall–Kier alpha value is -2.18. The molecule has 0 aromatic carbocycles. The highest BCUT2D eigenvalue weighted by Crippen LogP contribution is 2.43. The van der Waals surface area contributed by atoms with Crippen LogP contribution in [0.15, 0.2) is 18.7 Å². The van der Waals surface area contributed by atoms with Gasteiger partial charge < -0.3 is 11.1 Å². The van der Waals surface area contributed by atoms with E-state index in [-0.39, 0.29) is 5.95 Å². The topological polar surface area (TPSA) is 94.5 Å². The highest BCUT2D eigenvalue weighted by atomic mass is 15.3. The second-order valence-electron chi connectivity index (χ2n) is 5.35. The minimum absolute atomic E-state index is 0.213. The van der Waals surface area contributed by atoms with Crippen LogP contribution >= 0.6 is 0 Å². The van der Waals surface area contributed by atoms with Crippen LogP contribution in [-0.2, 0) is 0 Å². The summed E-state index contributed by atoms with van der Waals surface area (Å²) in [5.74, 6) is 1.22. The van der Waals surface area contributed by atoms with Crippen molar-refractivity contribution in [3.8, 4) is 5.95 Å². The molecule has 7 heteroatoms. The molecule has 2 aromatic heterocycles. The lowest BCUT2D eigenvalue weighted by Crippen LogP contribution is -2.36. The van der Waals surface area contributed by atoms with E-state index in [9.17, 15) is 0 Å². The van der Waals surface area contributed by atoms with E-state index in [2.05, 4.69) is 32.2 Å². The Morgan fingerprint density at radius 3 is 2.80 bits per heavy atom. The third kappa shape index (κ3) is 2.43. The van der Waals surface area contributed by atoms with Gasteiger partial charge >= 0.3 is 0 Å². The van der Waals surface area contributed by atoms with Crippen LogP contribution < -0.4 is 11.1 Å². The summed E-state index contributed by atoms with van der Waals surface area (Å²) in [4.78, 5) is 16.6. The second kappa shape index (κ2) is 5.07. The highest BCUT2D eigenvalue weighted by Gasteiger charge is 2.34. The molecule has 1 fully saturated rings. The first kappa shape index (κ1) is 12.8. The monoisotopic (exact) mass is 273 g/mol. The summed E-state index contributed by atoms with van der Waals surface area (Å²) < 4.78 is 1.71. The van der Waals surface area contributed by atoms with Crippen molar-refractivity contribution in [3.63, 3.8) is 0 Å². The van der Waals surface area contributed by atoms with Crippen LogP contribution in [-0.4, -0.2) is 31.0 Å². The van der Waals surface area contributed by atoms with Crippen molar-refractivity contribution in [2.24, 2.45) is 5.41 Å². The average Bonchev–Trinajstić information content (AvgIpc) is 2.91. The fraction of sp³-hybridized carbons (Fsp3) is 0.538. The molecule has 3 rings (SSSR count). The number of hydrogen-bond donors (Lipinski definition) is 2. The Balaban J connectivity index is 1.76. The van der Waals surface area contributed by atoms with Gasteiger partial charge in [0.05, 0.1) is 0 Å². The number of anilines is 2. The van der Waals surface area contributed by atoms with E-state index < -0.39 is 0 Å². The maximum atomic E-state index is 5.75. The zero-order valence-corrected chi connectivity index (χ0v) is 11.6. The number of nitrogens with two attached hydrogens (primary N) is 1. The molecule has 0 aliphatic heterocycles. The van der Waals surface area contributed by atoms with Crippen LogP contribution in [0.2, 0.25) is 0 Å². The van der Waals surface area contributed by atoms with Gasteiger partial charge in [-0.1, -0.05) is 13.3 Å². The Labute approximate surface area is 117 Å².